The molecule has 0 aromatic rings. The number of nitrogens with zero attached hydrogens (tertiary/aromatic N) is 1. The summed E-state index contributed by atoms with van der Waals surface area (Å²) in [6, 6.07) is 2.26. The molecule has 112 valence electrons. The van der Waals surface area contributed by atoms with E-state index in [2.05, 4.69) is 44.8 Å². The van der Waals surface area contributed by atoms with Crippen LogP contribution in [0.3, 0.4) is 0 Å². The van der Waals surface area contributed by atoms with E-state index < -0.39 is 0 Å². The van der Waals surface area contributed by atoms with Crippen LogP contribution in [-0.4, -0.2) is 36.1 Å². The van der Waals surface area contributed by atoms with Crippen LogP contribution in [0.4, 0.5) is 0 Å². The van der Waals surface area contributed by atoms with Crippen molar-refractivity contribution >= 4 is 0 Å². The molecular weight excluding hydrogens is 232 g/mol. The van der Waals surface area contributed by atoms with Gasteiger partial charge in [-0.25, -0.2) is 0 Å². The Balaban J connectivity index is 1.94. The number of rotatable bonds is 3. The van der Waals surface area contributed by atoms with Crippen LogP contribution in [-0.2, 0) is 0 Å². The van der Waals surface area contributed by atoms with E-state index >= 15 is 0 Å². The minimum atomic E-state index is 0.587. The average Bonchev–Trinajstić information content (AvgIpc) is 2.39. The van der Waals surface area contributed by atoms with Crippen LogP contribution in [0.1, 0.15) is 66.7 Å². The molecule has 0 bridgehead atoms. The standard InChI is InChI=1S/C17H34N2/c1-6-13(2)16-12-19(14(3)11-18-16)15-7-9-17(4,5)10-8-15/h13-16,18H,6-12H2,1-5H3. The van der Waals surface area contributed by atoms with Gasteiger partial charge in [-0.05, 0) is 43.9 Å². The summed E-state index contributed by atoms with van der Waals surface area (Å²) >= 11 is 0. The van der Waals surface area contributed by atoms with Crippen LogP contribution in [0.25, 0.3) is 0 Å². The zero-order valence-electron chi connectivity index (χ0n) is 13.7. The van der Waals surface area contributed by atoms with Gasteiger partial charge in [-0.3, -0.25) is 4.90 Å². The van der Waals surface area contributed by atoms with Gasteiger partial charge < -0.3 is 5.32 Å². The van der Waals surface area contributed by atoms with Gasteiger partial charge >= 0.3 is 0 Å². The quantitative estimate of drug-likeness (QED) is 0.838. The molecule has 0 spiro atoms. The van der Waals surface area contributed by atoms with Crippen LogP contribution in [0, 0.1) is 11.3 Å². The number of nitrogens with one attached hydrogen (secondary N) is 1. The van der Waals surface area contributed by atoms with Gasteiger partial charge in [-0.2, -0.15) is 0 Å². The highest BCUT2D eigenvalue weighted by molar-refractivity contribution is 4.92. The minimum absolute atomic E-state index is 0.587. The van der Waals surface area contributed by atoms with Crippen molar-refractivity contribution in [2.45, 2.75) is 84.8 Å². The highest BCUT2D eigenvalue weighted by Gasteiger charge is 2.35. The third kappa shape index (κ3) is 3.72. The predicted molar refractivity (Wildman–Crippen MR) is 83.5 cm³/mol. The maximum absolute atomic E-state index is 3.76. The first-order valence-electron chi connectivity index (χ1n) is 8.42. The van der Waals surface area contributed by atoms with Gasteiger partial charge in [0, 0.05) is 31.2 Å². The molecule has 2 fully saturated rings. The molecule has 3 atom stereocenters. The summed E-state index contributed by atoms with van der Waals surface area (Å²) in [5, 5.41) is 3.76. The molecule has 0 radical (unpaired) electrons. The van der Waals surface area contributed by atoms with E-state index in [-0.39, 0.29) is 0 Å². The Labute approximate surface area is 120 Å². The van der Waals surface area contributed by atoms with Crippen LogP contribution < -0.4 is 5.32 Å². The third-order valence-corrected chi connectivity index (χ3v) is 5.76. The van der Waals surface area contributed by atoms with Crippen molar-refractivity contribution in [1.29, 1.82) is 0 Å². The second-order valence-corrected chi connectivity index (χ2v) is 7.84. The van der Waals surface area contributed by atoms with Crippen molar-refractivity contribution < 1.29 is 0 Å². The molecule has 0 aromatic heterocycles. The summed E-state index contributed by atoms with van der Waals surface area (Å²) in [5.41, 5.74) is 0.587. The van der Waals surface area contributed by atoms with Gasteiger partial charge in [-0.15, -0.1) is 0 Å². The van der Waals surface area contributed by atoms with E-state index in [0.717, 1.165) is 12.0 Å². The minimum Gasteiger partial charge on any atom is -0.311 e. The molecule has 3 unspecified atom stereocenters. The summed E-state index contributed by atoms with van der Waals surface area (Å²) in [6.45, 7) is 14.4. The highest BCUT2D eigenvalue weighted by Crippen LogP contribution is 2.37. The molecule has 1 saturated heterocycles. The summed E-state index contributed by atoms with van der Waals surface area (Å²) in [4.78, 5) is 2.82. The van der Waals surface area contributed by atoms with Crippen molar-refractivity contribution in [1.82, 2.24) is 10.2 Å². The van der Waals surface area contributed by atoms with E-state index in [1.807, 2.05) is 0 Å². The van der Waals surface area contributed by atoms with Crippen LogP contribution in [0.2, 0.25) is 0 Å². The first-order valence-corrected chi connectivity index (χ1v) is 8.42. The Morgan fingerprint density at radius 1 is 1.26 bits per heavy atom. The van der Waals surface area contributed by atoms with E-state index in [4.69, 9.17) is 0 Å². The lowest BCUT2D eigenvalue weighted by Crippen LogP contribution is -2.60. The van der Waals surface area contributed by atoms with E-state index in [0.29, 0.717) is 17.5 Å². The second kappa shape index (κ2) is 6.13. The summed E-state index contributed by atoms with van der Waals surface area (Å²) in [6.07, 6.45) is 6.91. The lowest BCUT2D eigenvalue weighted by atomic mass is 9.75. The average molecular weight is 266 g/mol. The molecule has 1 aliphatic heterocycles. The van der Waals surface area contributed by atoms with Crippen LogP contribution in [0.5, 0.6) is 0 Å². The first-order chi connectivity index (χ1) is 8.93. The lowest BCUT2D eigenvalue weighted by molar-refractivity contribution is 0.0372. The third-order valence-electron chi connectivity index (χ3n) is 5.76. The van der Waals surface area contributed by atoms with E-state index in [1.165, 1.54) is 45.2 Å². The summed E-state index contributed by atoms with van der Waals surface area (Å²) < 4.78 is 0. The lowest BCUT2D eigenvalue weighted by Gasteiger charge is -2.48. The maximum Gasteiger partial charge on any atom is 0.0221 e. The Kier molecular flexibility index (Phi) is 4.94. The Hall–Kier alpha value is -0.0800. The molecule has 2 heteroatoms. The zero-order valence-corrected chi connectivity index (χ0v) is 13.7. The largest absolute Gasteiger partial charge is 0.311 e. The van der Waals surface area contributed by atoms with Gasteiger partial charge in [0.2, 0.25) is 0 Å². The van der Waals surface area contributed by atoms with E-state index in [1.54, 1.807) is 0 Å². The van der Waals surface area contributed by atoms with Gasteiger partial charge in [0.05, 0.1) is 0 Å². The van der Waals surface area contributed by atoms with Crippen LogP contribution >= 0.6 is 0 Å². The predicted octanol–water partition coefficient (Wildman–Crippen LogP) is 3.66. The van der Waals surface area contributed by atoms with Gasteiger partial charge in [0.1, 0.15) is 0 Å². The Morgan fingerprint density at radius 2 is 1.89 bits per heavy atom. The topological polar surface area (TPSA) is 15.3 Å². The molecule has 2 nitrogen and oxygen atoms in total. The normalized spacial score (nSPS) is 35.2. The van der Waals surface area contributed by atoms with Crippen molar-refractivity contribution in [2.24, 2.45) is 11.3 Å². The molecule has 0 aromatic carbocycles. The van der Waals surface area contributed by atoms with Gasteiger partial charge in [0.25, 0.3) is 0 Å². The maximum atomic E-state index is 3.76. The van der Waals surface area contributed by atoms with E-state index in [9.17, 15) is 0 Å². The molecular formula is C17H34N2. The smallest absolute Gasteiger partial charge is 0.0221 e. The number of hydrogen-bond acceptors (Lipinski definition) is 2. The van der Waals surface area contributed by atoms with Crippen molar-refractivity contribution in [2.75, 3.05) is 13.1 Å². The number of hydrogen-bond donors (Lipinski definition) is 1. The second-order valence-electron chi connectivity index (χ2n) is 7.84. The van der Waals surface area contributed by atoms with Crippen molar-refractivity contribution in [3.8, 4) is 0 Å². The van der Waals surface area contributed by atoms with Gasteiger partial charge in [0.15, 0.2) is 0 Å². The first kappa shape index (κ1) is 15.3. The number of piperazine rings is 1. The fourth-order valence-electron chi connectivity index (χ4n) is 3.80. The van der Waals surface area contributed by atoms with Crippen molar-refractivity contribution in [3.63, 3.8) is 0 Å². The fraction of sp³-hybridized carbons (Fsp3) is 1.00. The molecule has 1 heterocycles. The highest BCUT2D eigenvalue weighted by atomic mass is 15.3. The van der Waals surface area contributed by atoms with Crippen LogP contribution in [0.15, 0.2) is 0 Å². The monoisotopic (exact) mass is 266 g/mol. The fourth-order valence-corrected chi connectivity index (χ4v) is 3.80. The van der Waals surface area contributed by atoms with Crippen molar-refractivity contribution in [3.05, 3.63) is 0 Å². The molecule has 0 amide bonds. The SMILES string of the molecule is CCC(C)C1CN(C2CCC(C)(C)CC2)C(C)CN1. The molecule has 1 N–H and O–H groups in total. The molecule has 19 heavy (non-hydrogen) atoms. The molecule has 1 saturated carbocycles. The zero-order chi connectivity index (χ0) is 14.0. The molecule has 1 aliphatic carbocycles. The molecule has 2 rings (SSSR count). The van der Waals surface area contributed by atoms with Gasteiger partial charge in [-0.1, -0.05) is 34.1 Å². The molecule has 2 aliphatic rings. The Morgan fingerprint density at radius 3 is 2.47 bits per heavy atom. The summed E-state index contributed by atoms with van der Waals surface area (Å²) in [5.74, 6) is 0.801. The summed E-state index contributed by atoms with van der Waals surface area (Å²) in [7, 11) is 0. The Bertz CT molecular complexity index is 277.